The van der Waals surface area contributed by atoms with Gasteiger partial charge in [-0.2, -0.15) is 0 Å². The second-order valence-corrected chi connectivity index (χ2v) is 10.1. The second kappa shape index (κ2) is 10.7. The molecule has 1 aliphatic rings. The maximum Gasteiger partial charge on any atom is 0.293 e. The minimum absolute atomic E-state index is 0.0204. The third-order valence-electron chi connectivity index (χ3n) is 4.95. The summed E-state index contributed by atoms with van der Waals surface area (Å²) in [4.78, 5) is 37.1. The van der Waals surface area contributed by atoms with Crippen molar-refractivity contribution < 1.29 is 23.6 Å². The highest BCUT2D eigenvalue weighted by Gasteiger charge is 2.35. The highest BCUT2D eigenvalue weighted by molar-refractivity contribution is 9.11. The van der Waals surface area contributed by atoms with Crippen LogP contribution in [0.25, 0.3) is 6.08 Å². The number of rotatable bonds is 7. The van der Waals surface area contributed by atoms with Gasteiger partial charge in [-0.15, -0.1) is 0 Å². The van der Waals surface area contributed by atoms with Crippen LogP contribution in [0.5, 0.6) is 5.75 Å². The van der Waals surface area contributed by atoms with E-state index in [-0.39, 0.29) is 23.7 Å². The highest BCUT2D eigenvalue weighted by atomic mass is 79.9. The standard InChI is InChI=1S/C24H15Br2FN2O5S/c25-19-9-16(10-20(26)22(19)34-13-15-2-1-3-18(8-15)29(32)33)11-21-23(30)28(24(31)35-21)12-14-4-6-17(27)7-5-14/h1-11H,12-13H2/b21-11-. The monoisotopic (exact) mass is 620 g/mol. The average molecular weight is 622 g/mol. The number of halogens is 3. The molecule has 0 saturated carbocycles. The Morgan fingerprint density at radius 3 is 2.37 bits per heavy atom. The molecule has 0 N–H and O–H groups in total. The maximum absolute atomic E-state index is 13.1. The van der Waals surface area contributed by atoms with Crippen molar-refractivity contribution in [3.63, 3.8) is 0 Å². The Hall–Kier alpha value is -3.02. The zero-order valence-corrected chi connectivity index (χ0v) is 21.7. The molecule has 0 radical (unpaired) electrons. The fourth-order valence-electron chi connectivity index (χ4n) is 3.28. The topological polar surface area (TPSA) is 89.7 Å². The van der Waals surface area contributed by atoms with Gasteiger partial charge >= 0.3 is 0 Å². The fourth-order valence-corrected chi connectivity index (χ4v) is 5.57. The van der Waals surface area contributed by atoms with Gasteiger partial charge in [-0.1, -0.05) is 24.3 Å². The molecule has 1 heterocycles. The van der Waals surface area contributed by atoms with Gasteiger partial charge in [0.1, 0.15) is 18.2 Å². The molecular formula is C24H15Br2FN2O5S. The van der Waals surface area contributed by atoms with Gasteiger partial charge in [0, 0.05) is 12.1 Å². The van der Waals surface area contributed by atoms with Gasteiger partial charge in [0.25, 0.3) is 16.8 Å². The summed E-state index contributed by atoms with van der Waals surface area (Å²) >= 11 is 7.74. The van der Waals surface area contributed by atoms with Crippen LogP contribution in [0.15, 0.2) is 74.5 Å². The van der Waals surface area contributed by atoms with Gasteiger partial charge < -0.3 is 4.74 Å². The Morgan fingerprint density at radius 2 is 1.71 bits per heavy atom. The quantitative estimate of drug-likeness (QED) is 0.159. The van der Waals surface area contributed by atoms with Gasteiger partial charge in [-0.05, 0) is 90.7 Å². The van der Waals surface area contributed by atoms with Gasteiger partial charge in [0.2, 0.25) is 0 Å². The number of amides is 2. The van der Waals surface area contributed by atoms with E-state index in [1.165, 1.54) is 36.4 Å². The number of imide groups is 1. The molecule has 4 rings (SSSR count). The first-order valence-corrected chi connectivity index (χ1v) is 12.5. The van der Waals surface area contributed by atoms with Crippen molar-refractivity contribution in [2.45, 2.75) is 13.2 Å². The van der Waals surface area contributed by atoms with Gasteiger partial charge in [0.05, 0.1) is 25.3 Å². The molecule has 1 aliphatic heterocycles. The largest absolute Gasteiger partial charge is 0.487 e. The summed E-state index contributed by atoms with van der Waals surface area (Å²) in [6.07, 6.45) is 1.61. The van der Waals surface area contributed by atoms with Crippen LogP contribution in [0.4, 0.5) is 14.9 Å². The van der Waals surface area contributed by atoms with Crippen molar-refractivity contribution in [2.24, 2.45) is 0 Å². The van der Waals surface area contributed by atoms with E-state index in [2.05, 4.69) is 31.9 Å². The van der Waals surface area contributed by atoms with Crippen LogP contribution in [0.2, 0.25) is 0 Å². The Balaban J connectivity index is 1.49. The lowest BCUT2D eigenvalue weighted by Gasteiger charge is -2.12. The van der Waals surface area contributed by atoms with Crippen molar-refractivity contribution in [3.05, 3.63) is 107 Å². The maximum atomic E-state index is 13.1. The summed E-state index contributed by atoms with van der Waals surface area (Å²) < 4.78 is 20.2. The molecule has 178 valence electrons. The Kier molecular flexibility index (Phi) is 7.68. The highest BCUT2D eigenvalue weighted by Crippen LogP contribution is 2.38. The van der Waals surface area contributed by atoms with E-state index in [4.69, 9.17) is 4.74 Å². The first-order valence-electron chi connectivity index (χ1n) is 10.1. The molecular weight excluding hydrogens is 607 g/mol. The molecule has 3 aromatic rings. The van der Waals surface area contributed by atoms with E-state index in [0.29, 0.717) is 31.4 Å². The van der Waals surface area contributed by atoms with Gasteiger partial charge in [-0.3, -0.25) is 24.6 Å². The van der Waals surface area contributed by atoms with E-state index < -0.39 is 21.9 Å². The predicted octanol–water partition coefficient (Wildman–Crippen LogP) is 7.07. The molecule has 1 saturated heterocycles. The molecule has 11 heteroatoms. The number of non-ortho nitro benzene ring substituents is 1. The number of hydrogen-bond acceptors (Lipinski definition) is 6. The number of thioether (sulfide) groups is 1. The number of carbonyl (C=O) groups excluding carboxylic acids is 2. The third-order valence-corrected chi connectivity index (χ3v) is 7.04. The van der Waals surface area contributed by atoms with Gasteiger partial charge in [-0.25, -0.2) is 4.39 Å². The summed E-state index contributed by atoms with van der Waals surface area (Å²) in [7, 11) is 0. The Labute approximate surface area is 220 Å². The van der Waals surface area contributed by atoms with Crippen LogP contribution in [-0.4, -0.2) is 21.0 Å². The second-order valence-electron chi connectivity index (χ2n) is 7.42. The van der Waals surface area contributed by atoms with Crippen molar-refractivity contribution in [1.29, 1.82) is 0 Å². The third kappa shape index (κ3) is 5.98. The van der Waals surface area contributed by atoms with Crippen molar-refractivity contribution in [1.82, 2.24) is 4.90 Å². The number of nitro benzene ring substituents is 1. The predicted molar refractivity (Wildman–Crippen MR) is 137 cm³/mol. The molecule has 0 unspecified atom stereocenters. The van der Waals surface area contributed by atoms with Crippen LogP contribution in [0, 0.1) is 15.9 Å². The summed E-state index contributed by atoms with van der Waals surface area (Å²) in [5, 5.41) is 10.6. The molecule has 0 bridgehead atoms. The van der Waals surface area contributed by atoms with E-state index in [9.17, 15) is 24.1 Å². The fraction of sp³-hybridized carbons (Fsp3) is 0.0833. The smallest absolute Gasteiger partial charge is 0.293 e. The minimum Gasteiger partial charge on any atom is -0.487 e. The van der Waals surface area contributed by atoms with Crippen LogP contribution in [0.3, 0.4) is 0 Å². The molecule has 0 spiro atoms. The molecule has 1 fully saturated rings. The lowest BCUT2D eigenvalue weighted by atomic mass is 10.2. The minimum atomic E-state index is -0.467. The van der Waals surface area contributed by atoms with Crippen LogP contribution in [0.1, 0.15) is 16.7 Å². The molecule has 7 nitrogen and oxygen atoms in total. The SMILES string of the molecule is O=C1S/C(=C\c2cc(Br)c(OCc3cccc([N+](=O)[O-])c3)c(Br)c2)C(=O)N1Cc1ccc(F)cc1. The van der Waals surface area contributed by atoms with Crippen LogP contribution < -0.4 is 4.74 Å². The van der Waals surface area contributed by atoms with E-state index in [0.717, 1.165) is 16.7 Å². The van der Waals surface area contributed by atoms with Crippen LogP contribution >= 0.6 is 43.6 Å². The Bertz CT molecular complexity index is 1340. The first-order chi connectivity index (χ1) is 16.7. The molecule has 0 aliphatic carbocycles. The molecule has 0 atom stereocenters. The number of nitro groups is 1. The summed E-state index contributed by atoms with van der Waals surface area (Å²) in [5.74, 6) is -0.336. The summed E-state index contributed by atoms with van der Waals surface area (Å²) in [6.45, 7) is 0.167. The van der Waals surface area contributed by atoms with Gasteiger partial charge in [0.15, 0.2) is 0 Å². The van der Waals surface area contributed by atoms with E-state index >= 15 is 0 Å². The number of carbonyl (C=O) groups is 2. The van der Waals surface area contributed by atoms with E-state index in [1.54, 1.807) is 30.3 Å². The number of benzene rings is 3. The molecule has 35 heavy (non-hydrogen) atoms. The number of hydrogen-bond donors (Lipinski definition) is 0. The van der Waals surface area contributed by atoms with Crippen molar-refractivity contribution in [2.75, 3.05) is 0 Å². The average Bonchev–Trinajstić information content (AvgIpc) is 3.07. The lowest BCUT2D eigenvalue weighted by molar-refractivity contribution is -0.384. The zero-order chi connectivity index (χ0) is 25.1. The van der Waals surface area contributed by atoms with Crippen molar-refractivity contribution >= 4 is 66.5 Å². The number of nitrogens with zero attached hydrogens (tertiary/aromatic N) is 2. The number of ether oxygens (including phenoxy) is 1. The van der Waals surface area contributed by atoms with E-state index in [1.807, 2.05) is 0 Å². The zero-order valence-electron chi connectivity index (χ0n) is 17.7. The Morgan fingerprint density at radius 1 is 1.03 bits per heavy atom. The molecule has 3 aromatic carbocycles. The molecule has 2 amide bonds. The normalized spacial score (nSPS) is 14.6. The summed E-state index contributed by atoms with van der Waals surface area (Å²) in [6, 6.07) is 15.3. The van der Waals surface area contributed by atoms with Crippen molar-refractivity contribution in [3.8, 4) is 5.75 Å². The lowest BCUT2D eigenvalue weighted by Crippen LogP contribution is -2.27. The summed E-state index contributed by atoms with van der Waals surface area (Å²) in [5.41, 5.74) is 1.91. The first kappa shape index (κ1) is 25.1. The van der Waals surface area contributed by atoms with Crippen LogP contribution in [-0.2, 0) is 17.9 Å². The molecule has 0 aromatic heterocycles.